The van der Waals surface area contributed by atoms with Crippen LogP contribution in [0.1, 0.15) is 31.0 Å². The van der Waals surface area contributed by atoms with Crippen molar-refractivity contribution in [1.82, 2.24) is 10.2 Å². The summed E-state index contributed by atoms with van der Waals surface area (Å²) in [4.78, 5) is 0. The van der Waals surface area contributed by atoms with Gasteiger partial charge in [-0.05, 0) is 28.8 Å². The molecular formula is C8H10BrFN2. The van der Waals surface area contributed by atoms with Gasteiger partial charge in [0.1, 0.15) is 0 Å². The van der Waals surface area contributed by atoms with Crippen molar-refractivity contribution in [3.8, 4) is 0 Å². The van der Waals surface area contributed by atoms with Crippen LogP contribution in [0.3, 0.4) is 0 Å². The molecule has 0 aromatic carbocycles. The summed E-state index contributed by atoms with van der Waals surface area (Å²) in [5.74, 6) is -0.365. The van der Waals surface area contributed by atoms with Crippen LogP contribution in [0.5, 0.6) is 0 Å². The lowest BCUT2D eigenvalue weighted by atomic mass is 10.1. The summed E-state index contributed by atoms with van der Waals surface area (Å²) in [6.07, 6.45) is 0. The Morgan fingerprint density at radius 2 is 1.92 bits per heavy atom. The van der Waals surface area contributed by atoms with Gasteiger partial charge in [-0.3, -0.25) is 0 Å². The van der Waals surface area contributed by atoms with E-state index in [9.17, 15) is 4.39 Å². The first-order chi connectivity index (χ1) is 5.54. The quantitative estimate of drug-likeness (QED) is 0.745. The van der Waals surface area contributed by atoms with Crippen LogP contribution in [0.2, 0.25) is 0 Å². The average Bonchev–Trinajstić information content (AvgIpc) is 1.97. The molecule has 0 N–H and O–H groups in total. The summed E-state index contributed by atoms with van der Waals surface area (Å²) >= 11 is 3.29. The van der Waals surface area contributed by atoms with Gasteiger partial charge >= 0.3 is 0 Å². The SMILES string of the molecule is Cc1nnc(F)c(C(C)C)c1Br. The molecule has 0 aliphatic carbocycles. The first kappa shape index (κ1) is 9.58. The van der Waals surface area contributed by atoms with Gasteiger partial charge in [0.2, 0.25) is 5.95 Å². The fraction of sp³-hybridized carbons (Fsp3) is 0.500. The van der Waals surface area contributed by atoms with Crippen molar-refractivity contribution < 1.29 is 4.39 Å². The highest BCUT2D eigenvalue weighted by Crippen LogP contribution is 2.27. The molecule has 1 heterocycles. The molecule has 0 fully saturated rings. The molecular weight excluding hydrogens is 223 g/mol. The van der Waals surface area contributed by atoms with Crippen LogP contribution in [0, 0.1) is 12.9 Å². The van der Waals surface area contributed by atoms with Gasteiger partial charge in [-0.2, -0.15) is 9.49 Å². The first-order valence-corrected chi connectivity index (χ1v) is 4.51. The van der Waals surface area contributed by atoms with Crippen molar-refractivity contribution in [3.05, 3.63) is 21.7 Å². The molecule has 1 aromatic heterocycles. The Labute approximate surface area is 79.3 Å². The van der Waals surface area contributed by atoms with Gasteiger partial charge in [-0.1, -0.05) is 13.8 Å². The number of nitrogens with zero attached hydrogens (tertiary/aromatic N) is 2. The maximum atomic E-state index is 13.1. The molecule has 0 saturated carbocycles. The normalized spacial score (nSPS) is 10.8. The molecule has 0 atom stereocenters. The van der Waals surface area contributed by atoms with E-state index in [4.69, 9.17) is 0 Å². The van der Waals surface area contributed by atoms with Gasteiger partial charge in [0.05, 0.1) is 5.69 Å². The van der Waals surface area contributed by atoms with E-state index in [1.807, 2.05) is 13.8 Å². The zero-order valence-electron chi connectivity index (χ0n) is 7.23. The van der Waals surface area contributed by atoms with E-state index in [1.165, 1.54) is 0 Å². The molecule has 0 aliphatic heterocycles. The molecule has 0 spiro atoms. The van der Waals surface area contributed by atoms with Crippen LogP contribution < -0.4 is 0 Å². The molecule has 1 aromatic rings. The lowest BCUT2D eigenvalue weighted by molar-refractivity contribution is 0.532. The molecule has 0 radical (unpaired) electrons. The van der Waals surface area contributed by atoms with Crippen LogP contribution in [-0.4, -0.2) is 10.2 Å². The van der Waals surface area contributed by atoms with Crippen LogP contribution in [0.25, 0.3) is 0 Å². The number of hydrogen-bond donors (Lipinski definition) is 0. The second-order valence-corrected chi connectivity index (χ2v) is 3.75. The van der Waals surface area contributed by atoms with Crippen molar-refractivity contribution in [2.24, 2.45) is 0 Å². The lowest BCUT2D eigenvalue weighted by Crippen LogP contribution is -2.02. The van der Waals surface area contributed by atoms with Gasteiger partial charge < -0.3 is 0 Å². The van der Waals surface area contributed by atoms with Crippen molar-refractivity contribution in [1.29, 1.82) is 0 Å². The number of hydrogen-bond acceptors (Lipinski definition) is 2. The van der Waals surface area contributed by atoms with Gasteiger partial charge in [-0.15, -0.1) is 5.10 Å². The highest BCUT2D eigenvalue weighted by molar-refractivity contribution is 9.10. The molecule has 12 heavy (non-hydrogen) atoms. The largest absolute Gasteiger partial charge is 0.237 e. The summed E-state index contributed by atoms with van der Waals surface area (Å²) in [6.45, 7) is 5.64. The third kappa shape index (κ3) is 1.63. The maximum absolute atomic E-state index is 13.1. The van der Waals surface area contributed by atoms with E-state index in [0.29, 0.717) is 5.56 Å². The monoisotopic (exact) mass is 232 g/mol. The Bertz CT molecular complexity index is 299. The zero-order chi connectivity index (χ0) is 9.30. The van der Waals surface area contributed by atoms with Gasteiger partial charge in [-0.25, -0.2) is 0 Å². The van der Waals surface area contributed by atoms with E-state index in [-0.39, 0.29) is 5.92 Å². The van der Waals surface area contributed by atoms with Gasteiger partial charge in [0.25, 0.3) is 0 Å². The number of aryl methyl sites for hydroxylation is 1. The smallest absolute Gasteiger partial charge is 0.183 e. The Morgan fingerprint density at radius 3 is 2.33 bits per heavy atom. The molecule has 66 valence electrons. The highest BCUT2D eigenvalue weighted by atomic mass is 79.9. The van der Waals surface area contributed by atoms with Crippen molar-refractivity contribution >= 4 is 15.9 Å². The molecule has 1 rings (SSSR count). The van der Waals surface area contributed by atoms with Gasteiger partial charge in [0, 0.05) is 10.0 Å². The van der Waals surface area contributed by atoms with Crippen LogP contribution in [-0.2, 0) is 0 Å². The standard InChI is InChI=1S/C8H10BrFN2/c1-4(2)6-7(9)5(3)11-12-8(6)10/h4H,1-3H3. The molecule has 0 aliphatic rings. The minimum atomic E-state index is -0.484. The van der Waals surface area contributed by atoms with E-state index in [0.717, 1.165) is 10.2 Å². The Kier molecular flexibility index (Phi) is 2.77. The molecule has 4 heteroatoms. The summed E-state index contributed by atoms with van der Waals surface area (Å²) in [5, 5.41) is 7.06. The van der Waals surface area contributed by atoms with Crippen LogP contribution >= 0.6 is 15.9 Å². The zero-order valence-corrected chi connectivity index (χ0v) is 8.81. The highest BCUT2D eigenvalue weighted by Gasteiger charge is 2.14. The van der Waals surface area contributed by atoms with Crippen LogP contribution in [0.4, 0.5) is 4.39 Å². The van der Waals surface area contributed by atoms with Crippen LogP contribution in [0.15, 0.2) is 4.47 Å². The Balaban J connectivity index is 3.33. The summed E-state index contributed by atoms with van der Waals surface area (Å²) in [7, 11) is 0. The summed E-state index contributed by atoms with van der Waals surface area (Å²) < 4.78 is 13.8. The molecule has 0 unspecified atom stereocenters. The predicted octanol–water partition coefficient (Wildman–Crippen LogP) is 2.81. The van der Waals surface area contributed by atoms with Crippen molar-refractivity contribution in [2.75, 3.05) is 0 Å². The maximum Gasteiger partial charge on any atom is 0.237 e. The lowest BCUT2D eigenvalue weighted by Gasteiger charge is -2.09. The fourth-order valence-corrected chi connectivity index (χ4v) is 1.69. The van der Waals surface area contributed by atoms with E-state index < -0.39 is 5.95 Å². The summed E-state index contributed by atoms with van der Waals surface area (Å²) in [6, 6.07) is 0. The second-order valence-electron chi connectivity index (χ2n) is 2.96. The summed E-state index contributed by atoms with van der Waals surface area (Å²) in [5.41, 5.74) is 1.32. The number of halogens is 2. The van der Waals surface area contributed by atoms with Crippen molar-refractivity contribution in [3.63, 3.8) is 0 Å². The van der Waals surface area contributed by atoms with Crippen molar-refractivity contribution in [2.45, 2.75) is 26.7 Å². The van der Waals surface area contributed by atoms with E-state index in [1.54, 1.807) is 6.92 Å². The Hall–Kier alpha value is -0.510. The molecule has 2 nitrogen and oxygen atoms in total. The van der Waals surface area contributed by atoms with E-state index >= 15 is 0 Å². The topological polar surface area (TPSA) is 25.8 Å². The number of rotatable bonds is 1. The van der Waals surface area contributed by atoms with E-state index in [2.05, 4.69) is 26.1 Å². The Morgan fingerprint density at radius 1 is 1.33 bits per heavy atom. The third-order valence-corrected chi connectivity index (χ3v) is 2.64. The third-order valence-electron chi connectivity index (χ3n) is 1.64. The minimum Gasteiger partial charge on any atom is -0.183 e. The predicted molar refractivity (Wildman–Crippen MR) is 48.5 cm³/mol. The fourth-order valence-electron chi connectivity index (χ4n) is 0.994. The number of aromatic nitrogens is 2. The molecule has 0 saturated heterocycles. The second kappa shape index (κ2) is 3.47. The van der Waals surface area contributed by atoms with Gasteiger partial charge in [0.15, 0.2) is 0 Å². The average molecular weight is 233 g/mol. The first-order valence-electron chi connectivity index (χ1n) is 3.72. The molecule has 0 bridgehead atoms. The minimum absolute atomic E-state index is 0.119. The molecule has 0 amide bonds.